The molecular weight excluding hydrogens is 400 g/mol. The van der Waals surface area contributed by atoms with Crippen LogP contribution in [0, 0.1) is 0 Å². The number of methoxy groups -OCH3 is 1. The van der Waals surface area contributed by atoms with E-state index in [0.29, 0.717) is 41.5 Å². The second-order valence-electron chi connectivity index (χ2n) is 6.64. The largest absolute Gasteiger partial charge is 0.496 e. The molecule has 2 aromatic rings. The third-order valence-electron chi connectivity index (χ3n) is 4.68. The third kappa shape index (κ3) is 4.84. The van der Waals surface area contributed by atoms with E-state index in [1.54, 1.807) is 42.5 Å². The number of ether oxygens (including phenoxy) is 1. The Morgan fingerprint density at radius 3 is 2.61 bits per heavy atom. The van der Waals surface area contributed by atoms with Crippen LogP contribution >= 0.6 is 11.6 Å². The highest BCUT2D eigenvalue weighted by Crippen LogP contribution is 2.27. The molecule has 1 fully saturated rings. The number of amides is 1. The molecule has 28 heavy (non-hydrogen) atoms. The molecule has 150 valence electrons. The van der Waals surface area contributed by atoms with Gasteiger partial charge in [0.25, 0.3) is 0 Å². The molecule has 0 radical (unpaired) electrons. The van der Waals surface area contributed by atoms with Crippen molar-refractivity contribution >= 4 is 33.2 Å². The predicted octanol–water partition coefficient (Wildman–Crippen LogP) is 3.70. The Balaban J connectivity index is 1.72. The van der Waals surface area contributed by atoms with Gasteiger partial charge in [0, 0.05) is 30.2 Å². The molecule has 0 aliphatic carbocycles. The standard InChI is InChI=1S/C20H23ClN2O4S/c1-27-19-9-8-18(28(25,26)23-11-2-3-12-23)13-15(19)7-10-20(24)22-17-6-4-5-16(21)14-17/h4-6,8-9,13-14H,2-3,7,10-12H2,1H3,(H,22,24). The predicted molar refractivity (Wildman–Crippen MR) is 109 cm³/mol. The van der Waals surface area contributed by atoms with Gasteiger partial charge in [-0.3, -0.25) is 4.79 Å². The Hall–Kier alpha value is -2.09. The second kappa shape index (κ2) is 8.94. The Morgan fingerprint density at radius 1 is 1.18 bits per heavy atom. The average molecular weight is 423 g/mol. The summed E-state index contributed by atoms with van der Waals surface area (Å²) in [4.78, 5) is 12.5. The minimum Gasteiger partial charge on any atom is -0.496 e. The van der Waals surface area contributed by atoms with Crippen molar-refractivity contribution in [1.82, 2.24) is 4.31 Å². The first kappa shape index (κ1) is 20.6. The van der Waals surface area contributed by atoms with E-state index in [1.165, 1.54) is 11.4 Å². The number of nitrogens with zero attached hydrogens (tertiary/aromatic N) is 1. The van der Waals surface area contributed by atoms with Gasteiger partial charge < -0.3 is 10.1 Å². The zero-order chi connectivity index (χ0) is 20.1. The Morgan fingerprint density at radius 2 is 1.93 bits per heavy atom. The van der Waals surface area contributed by atoms with Gasteiger partial charge in [-0.15, -0.1) is 0 Å². The van der Waals surface area contributed by atoms with Crippen LogP contribution in [-0.4, -0.2) is 38.8 Å². The molecule has 0 unspecified atom stereocenters. The molecule has 0 atom stereocenters. The Bertz CT molecular complexity index is 956. The van der Waals surface area contributed by atoms with Crippen molar-refractivity contribution in [2.45, 2.75) is 30.6 Å². The van der Waals surface area contributed by atoms with Gasteiger partial charge in [0.1, 0.15) is 5.75 Å². The lowest BCUT2D eigenvalue weighted by Gasteiger charge is -2.17. The summed E-state index contributed by atoms with van der Waals surface area (Å²) in [5, 5.41) is 3.33. The maximum absolute atomic E-state index is 12.8. The summed E-state index contributed by atoms with van der Waals surface area (Å²) in [5.41, 5.74) is 1.30. The molecule has 1 heterocycles. The van der Waals surface area contributed by atoms with E-state index in [0.717, 1.165) is 12.8 Å². The maximum atomic E-state index is 12.8. The number of halogens is 1. The van der Waals surface area contributed by atoms with Crippen molar-refractivity contribution in [2.75, 3.05) is 25.5 Å². The average Bonchev–Trinajstić information content (AvgIpc) is 3.22. The molecular formula is C20H23ClN2O4S. The Kier molecular flexibility index (Phi) is 6.59. The third-order valence-corrected chi connectivity index (χ3v) is 6.81. The van der Waals surface area contributed by atoms with E-state index in [2.05, 4.69) is 5.32 Å². The summed E-state index contributed by atoms with van der Waals surface area (Å²) >= 11 is 5.93. The van der Waals surface area contributed by atoms with Crippen LogP contribution in [0.25, 0.3) is 0 Å². The van der Waals surface area contributed by atoms with Crippen molar-refractivity contribution < 1.29 is 17.9 Å². The lowest BCUT2D eigenvalue weighted by molar-refractivity contribution is -0.116. The summed E-state index contributed by atoms with van der Waals surface area (Å²) in [5.74, 6) is 0.382. The van der Waals surface area contributed by atoms with Crippen LogP contribution in [0.2, 0.25) is 5.02 Å². The number of aryl methyl sites for hydroxylation is 1. The topological polar surface area (TPSA) is 75.7 Å². The number of nitrogens with one attached hydrogen (secondary N) is 1. The van der Waals surface area contributed by atoms with Crippen LogP contribution in [0.5, 0.6) is 5.75 Å². The molecule has 1 N–H and O–H groups in total. The van der Waals surface area contributed by atoms with Gasteiger partial charge in [-0.1, -0.05) is 17.7 Å². The van der Waals surface area contributed by atoms with E-state index >= 15 is 0 Å². The molecule has 0 bridgehead atoms. The molecule has 8 heteroatoms. The number of hydrogen-bond donors (Lipinski definition) is 1. The molecule has 0 saturated carbocycles. The van der Waals surface area contributed by atoms with Gasteiger partial charge >= 0.3 is 0 Å². The van der Waals surface area contributed by atoms with Gasteiger partial charge in [0.2, 0.25) is 15.9 Å². The van der Waals surface area contributed by atoms with Crippen molar-refractivity contribution in [3.63, 3.8) is 0 Å². The fraction of sp³-hybridized carbons (Fsp3) is 0.350. The first-order valence-electron chi connectivity index (χ1n) is 9.12. The molecule has 1 saturated heterocycles. The quantitative estimate of drug-likeness (QED) is 0.738. The van der Waals surface area contributed by atoms with Gasteiger partial charge in [-0.05, 0) is 61.2 Å². The van der Waals surface area contributed by atoms with Crippen molar-refractivity contribution in [2.24, 2.45) is 0 Å². The number of rotatable bonds is 7. The van der Waals surface area contributed by atoms with E-state index in [1.807, 2.05) is 0 Å². The number of benzene rings is 2. The Labute approximate surface area is 170 Å². The number of anilines is 1. The zero-order valence-corrected chi connectivity index (χ0v) is 17.2. The zero-order valence-electron chi connectivity index (χ0n) is 15.7. The monoisotopic (exact) mass is 422 g/mol. The van der Waals surface area contributed by atoms with Crippen LogP contribution in [0.1, 0.15) is 24.8 Å². The summed E-state index contributed by atoms with van der Waals surface area (Å²) in [6.07, 6.45) is 2.31. The smallest absolute Gasteiger partial charge is 0.243 e. The summed E-state index contributed by atoms with van der Waals surface area (Å²) < 4.78 is 32.4. The summed E-state index contributed by atoms with van der Waals surface area (Å²) in [6, 6.07) is 11.7. The molecule has 6 nitrogen and oxygen atoms in total. The lowest BCUT2D eigenvalue weighted by Crippen LogP contribution is -2.28. The number of carbonyl (C=O) groups excluding carboxylic acids is 1. The fourth-order valence-electron chi connectivity index (χ4n) is 3.23. The van der Waals surface area contributed by atoms with Crippen LogP contribution in [0.15, 0.2) is 47.4 Å². The van der Waals surface area contributed by atoms with Gasteiger partial charge in [-0.2, -0.15) is 4.31 Å². The molecule has 3 rings (SSSR count). The molecule has 2 aromatic carbocycles. The van der Waals surface area contributed by atoms with Gasteiger partial charge in [0.05, 0.1) is 12.0 Å². The highest BCUT2D eigenvalue weighted by atomic mass is 35.5. The molecule has 1 aliphatic heterocycles. The van der Waals surface area contributed by atoms with Gasteiger partial charge in [-0.25, -0.2) is 8.42 Å². The lowest BCUT2D eigenvalue weighted by atomic mass is 10.1. The highest BCUT2D eigenvalue weighted by Gasteiger charge is 2.27. The van der Waals surface area contributed by atoms with Crippen LogP contribution < -0.4 is 10.1 Å². The minimum atomic E-state index is -3.52. The minimum absolute atomic E-state index is 0.183. The van der Waals surface area contributed by atoms with Gasteiger partial charge in [0.15, 0.2) is 0 Å². The SMILES string of the molecule is COc1ccc(S(=O)(=O)N2CCCC2)cc1CCC(=O)Nc1cccc(Cl)c1. The first-order valence-corrected chi connectivity index (χ1v) is 10.9. The molecule has 0 spiro atoms. The van der Waals surface area contributed by atoms with Crippen LogP contribution in [-0.2, 0) is 21.2 Å². The molecule has 0 aromatic heterocycles. The molecule has 1 aliphatic rings. The second-order valence-corrected chi connectivity index (χ2v) is 9.02. The highest BCUT2D eigenvalue weighted by molar-refractivity contribution is 7.89. The van der Waals surface area contributed by atoms with Crippen LogP contribution in [0.3, 0.4) is 0 Å². The normalized spacial score (nSPS) is 14.8. The first-order chi connectivity index (χ1) is 13.4. The van der Waals surface area contributed by atoms with Crippen molar-refractivity contribution in [3.05, 3.63) is 53.1 Å². The summed E-state index contributed by atoms with van der Waals surface area (Å²) in [6.45, 7) is 1.09. The molecule has 1 amide bonds. The number of hydrogen-bond acceptors (Lipinski definition) is 4. The van der Waals surface area contributed by atoms with Crippen LogP contribution in [0.4, 0.5) is 5.69 Å². The van der Waals surface area contributed by atoms with Crippen molar-refractivity contribution in [3.8, 4) is 5.75 Å². The van der Waals surface area contributed by atoms with E-state index in [-0.39, 0.29) is 17.2 Å². The number of carbonyl (C=O) groups is 1. The van der Waals surface area contributed by atoms with Crippen molar-refractivity contribution in [1.29, 1.82) is 0 Å². The number of sulfonamides is 1. The maximum Gasteiger partial charge on any atom is 0.243 e. The van der Waals surface area contributed by atoms with E-state index in [9.17, 15) is 13.2 Å². The fourth-order valence-corrected chi connectivity index (χ4v) is 4.98. The van der Waals surface area contributed by atoms with E-state index < -0.39 is 10.0 Å². The van der Waals surface area contributed by atoms with E-state index in [4.69, 9.17) is 16.3 Å². The summed E-state index contributed by atoms with van der Waals surface area (Å²) in [7, 11) is -1.99.